The van der Waals surface area contributed by atoms with Crippen LogP contribution < -0.4 is 5.32 Å². The van der Waals surface area contributed by atoms with E-state index in [0.717, 1.165) is 12.1 Å². The minimum absolute atomic E-state index is 0.0874. The van der Waals surface area contributed by atoms with Gasteiger partial charge in [-0.15, -0.1) is 0 Å². The molecule has 144 valence electrons. The average molecular weight is 386 g/mol. The molecule has 6 nitrogen and oxygen atoms in total. The lowest BCUT2D eigenvalue weighted by molar-refractivity contribution is -0.123. The van der Waals surface area contributed by atoms with Gasteiger partial charge in [0.1, 0.15) is 23.1 Å². The normalized spacial score (nSPS) is 11.7. The van der Waals surface area contributed by atoms with E-state index in [9.17, 15) is 18.4 Å². The number of carbonyl (C=O) groups is 2. The fourth-order valence-electron chi connectivity index (χ4n) is 2.40. The molecule has 0 radical (unpaired) electrons. The SMILES string of the molecule is Cc1oc(-c2ccccc2)nc1C(=O)O[C@@H](C)C(=O)Nc1c(F)cccc1F. The van der Waals surface area contributed by atoms with Gasteiger partial charge in [-0.05, 0) is 38.1 Å². The first-order valence-electron chi connectivity index (χ1n) is 8.35. The minimum atomic E-state index is -1.32. The lowest BCUT2D eigenvalue weighted by Crippen LogP contribution is -2.31. The molecular formula is C20H16F2N2O4. The summed E-state index contributed by atoms with van der Waals surface area (Å²) in [5, 5.41) is 2.07. The Morgan fingerprint density at radius 3 is 2.36 bits per heavy atom. The summed E-state index contributed by atoms with van der Waals surface area (Å²) in [5.74, 6) is -3.20. The smallest absolute Gasteiger partial charge is 0.361 e. The van der Waals surface area contributed by atoms with Gasteiger partial charge in [-0.2, -0.15) is 0 Å². The van der Waals surface area contributed by atoms with Crippen molar-refractivity contribution in [1.82, 2.24) is 4.98 Å². The largest absolute Gasteiger partial charge is 0.448 e. The third-order valence-electron chi connectivity index (χ3n) is 3.87. The summed E-state index contributed by atoms with van der Waals surface area (Å²) >= 11 is 0. The second-order valence-corrected chi connectivity index (χ2v) is 5.92. The molecule has 0 aliphatic carbocycles. The zero-order chi connectivity index (χ0) is 20.3. The number of hydrogen-bond acceptors (Lipinski definition) is 5. The zero-order valence-corrected chi connectivity index (χ0v) is 15.0. The average Bonchev–Trinajstić information content (AvgIpc) is 3.07. The molecule has 1 aromatic heterocycles. The van der Waals surface area contributed by atoms with Gasteiger partial charge in [0.2, 0.25) is 5.89 Å². The van der Waals surface area contributed by atoms with Crippen molar-refractivity contribution in [3.05, 3.63) is 71.6 Å². The van der Waals surface area contributed by atoms with Crippen LogP contribution in [0.5, 0.6) is 0 Å². The monoisotopic (exact) mass is 386 g/mol. The van der Waals surface area contributed by atoms with Crippen LogP contribution in [0.1, 0.15) is 23.2 Å². The van der Waals surface area contributed by atoms with Crippen molar-refractivity contribution in [2.75, 3.05) is 5.32 Å². The van der Waals surface area contributed by atoms with E-state index in [1.807, 2.05) is 6.07 Å². The minimum Gasteiger partial charge on any atom is -0.448 e. The fraction of sp³-hybridized carbons (Fsp3) is 0.150. The molecule has 0 aliphatic heterocycles. The molecule has 2 aromatic carbocycles. The van der Waals surface area contributed by atoms with E-state index < -0.39 is 35.3 Å². The molecule has 0 saturated heterocycles. The maximum Gasteiger partial charge on any atom is 0.361 e. The van der Waals surface area contributed by atoms with Crippen LogP contribution in [-0.4, -0.2) is 23.0 Å². The maximum atomic E-state index is 13.6. The Hall–Kier alpha value is -3.55. The fourth-order valence-corrected chi connectivity index (χ4v) is 2.40. The van der Waals surface area contributed by atoms with Crippen molar-refractivity contribution in [1.29, 1.82) is 0 Å². The first kappa shape index (κ1) is 19.2. The Morgan fingerprint density at radius 2 is 1.71 bits per heavy atom. The van der Waals surface area contributed by atoms with Gasteiger partial charge in [-0.25, -0.2) is 18.6 Å². The summed E-state index contributed by atoms with van der Waals surface area (Å²) in [6.45, 7) is 2.81. The molecular weight excluding hydrogens is 370 g/mol. The Kier molecular flexibility index (Phi) is 5.49. The van der Waals surface area contributed by atoms with E-state index in [2.05, 4.69) is 10.3 Å². The first-order chi connectivity index (χ1) is 13.4. The molecule has 1 heterocycles. The number of nitrogens with one attached hydrogen (secondary N) is 1. The second kappa shape index (κ2) is 7.99. The molecule has 1 amide bonds. The molecule has 0 fully saturated rings. The number of hydrogen-bond donors (Lipinski definition) is 1. The van der Waals surface area contributed by atoms with Crippen molar-refractivity contribution in [3.8, 4) is 11.5 Å². The van der Waals surface area contributed by atoms with Crippen LogP contribution in [0.15, 0.2) is 52.9 Å². The predicted molar refractivity (Wildman–Crippen MR) is 96.5 cm³/mol. The number of carbonyl (C=O) groups excluding carboxylic acids is 2. The van der Waals surface area contributed by atoms with Gasteiger partial charge in [0.15, 0.2) is 11.8 Å². The van der Waals surface area contributed by atoms with E-state index in [1.165, 1.54) is 19.9 Å². The van der Waals surface area contributed by atoms with Gasteiger partial charge in [0, 0.05) is 5.56 Å². The molecule has 0 unspecified atom stereocenters. The van der Waals surface area contributed by atoms with E-state index in [0.29, 0.717) is 5.56 Å². The number of anilines is 1. The Labute approximate surface area is 159 Å². The molecule has 8 heteroatoms. The molecule has 0 bridgehead atoms. The quantitative estimate of drug-likeness (QED) is 0.668. The van der Waals surface area contributed by atoms with Gasteiger partial charge in [-0.3, -0.25) is 4.79 Å². The summed E-state index contributed by atoms with van der Waals surface area (Å²) in [4.78, 5) is 28.6. The Bertz CT molecular complexity index is 998. The van der Waals surface area contributed by atoms with Gasteiger partial charge in [-0.1, -0.05) is 24.3 Å². The molecule has 1 N–H and O–H groups in total. The number of halogens is 2. The van der Waals surface area contributed by atoms with Crippen LogP contribution in [0, 0.1) is 18.6 Å². The number of oxazole rings is 1. The third kappa shape index (κ3) is 4.06. The van der Waals surface area contributed by atoms with Crippen molar-refractivity contribution < 1.29 is 27.5 Å². The number of benzene rings is 2. The molecule has 0 spiro atoms. The molecule has 0 aliphatic rings. The van der Waals surface area contributed by atoms with Crippen LogP contribution in [0.3, 0.4) is 0 Å². The Morgan fingerprint density at radius 1 is 1.07 bits per heavy atom. The van der Waals surface area contributed by atoms with Crippen LogP contribution in [-0.2, 0) is 9.53 Å². The number of rotatable bonds is 5. The summed E-state index contributed by atoms with van der Waals surface area (Å²) < 4.78 is 37.8. The molecule has 1 atom stereocenters. The summed E-state index contributed by atoms with van der Waals surface area (Å²) in [6, 6.07) is 12.1. The molecule has 28 heavy (non-hydrogen) atoms. The number of ether oxygens (including phenoxy) is 1. The van der Waals surface area contributed by atoms with Gasteiger partial charge in [0.25, 0.3) is 5.91 Å². The highest BCUT2D eigenvalue weighted by atomic mass is 19.1. The predicted octanol–water partition coefficient (Wildman–Crippen LogP) is 4.11. The number of aromatic nitrogens is 1. The lowest BCUT2D eigenvalue weighted by Gasteiger charge is -2.13. The van der Waals surface area contributed by atoms with Crippen LogP contribution >= 0.6 is 0 Å². The zero-order valence-electron chi connectivity index (χ0n) is 15.0. The van der Waals surface area contributed by atoms with Crippen LogP contribution in [0.25, 0.3) is 11.5 Å². The van der Waals surface area contributed by atoms with E-state index >= 15 is 0 Å². The highest BCUT2D eigenvalue weighted by Gasteiger charge is 2.25. The summed E-state index contributed by atoms with van der Waals surface area (Å²) in [6.07, 6.45) is -1.32. The van der Waals surface area contributed by atoms with Gasteiger partial charge < -0.3 is 14.5 Å². The van der Waals surface area contributed by atoms with Crippen LogP contribution in [0.4, 0.5) is 14.5 Å². The maximum absolute atomic E-state index is 13.6. The van der Waals surface area contributed by atoms with Gasteiger partial charge in [0.05, 0.1) is 0 Å². The van der Waals surface area contributed by atoms with E-state index in [4.69, 9.17) is 9.15 Å². The number of amides is 1. The topological polar surface area (TPSA) is 81.4 Å². The van der Waals surface area contributed by atoms with Gasteiger partial charge >= 0.3 is 5.97 Å². The summed E-state index contributed by atoms with van der Waals surface area (Å²) in [7, 11) is 0. The third-order valence-corrected chi connectivity index (χ3v) is 3.87. The first-order valence-corrected chi connectivity index (χ1v) is 8.35. The molecule has 0 saturated carbocycles. The lowest BCUT2D eigenvalue weighted by atomic mass is 10.2. The highest BCUT2D eigenvalue weighted by molar-refractivity contribution is 5.97. The van der Waals surface area contributed by atoms with E-state index in [1.54, 1.807) is 24.3 Å². The van der Waals surface area contributed by atoms with Crippen molar-refractivity contribution in [2.24, 2.45) is 0 Å². The summed E-state index contributed by atoms with van der Waals surface area (Å²) in [5.41, 5.74) is -0.0274. The standard InChI is InChI=1S/C20H16F2N2O4/c1-11-16(24-19(27-11)13-7-4-3-5-8-13)20(26)28-12(2)18(25)23-17-14(21)9-6-10-15(17)22/h3-10,12H,1-2H3,(H,23,25)/t12-/m0/s1. The molecule has 3 aromatic rings. The van der Waals surface area contributed by atoms with E-state index in [-0.39, 0.29) is 17.3 Å². The highest BCUT2D eigenvalue weighted by Crippen LogP contribution is 2.22. The van der Waals surface area contributed by atoms with Crippen molar-refractivity contribution in [3.63, 3.8) is 0 Å². The number of esters is 1. The number of aryl methyl sites for hydroxylation is 1. The number of nitrogens with zero attached hydrogens (tertiary/aromatic N) is 1. The van der Waals surface area contributed by atoms with Crippen molar-refractivity contribution in [2.45, 2.75) is 20.0 Å². The van der Waals surface area contributed by atoms with Crippen molar-refractivity contribution >= 4 is 17.6 Å². The Balaban J connectivity index is 1.71. The molecule has 3 rings (SSSR count). The van der Waals surface area contributed by atoms with Crippen LogP contribution in [0.2, 0.25) is 0 Å². The second-order valence-electron chi connectivity index (χ2n) is 5.92. The number of para-hydroxylation sites is 1.